The quantitative estimate of drug-likeness (QED) is 0.448. The summed E-state index contributed by atoms with van der Waals surface area (Å²) in [6.45, 7) is 3.51. The second-order valence-corrected chi connectivity index (χ2v) is 6.87. The van der Waals surface area contributed by atoms with E-state index in [1.807, 2.05) is 72.8 Å². The van der Waals surface area contributed by atoms with Crippen LogP contribution in [0.25, 0.3) is 0 Å². The highest BCUT2D eigenvalue weighted by Gasteiger charge is 2.29. The van der Waals surface area contributed by atoms with Gasteiger partial charge in [-0.15, -0.1) is 0 Å². The van der Waals surface area contributed by atoms with Crippen molar-refractivity contribution in [1.82, 2.24) is 0 Å². The van der Waals surface area contributed by atoms with Crippen LogP contribution in [0.4, 0.5) is 0 Å². The molecule has 0 amide bonds. The third kappa shape index (κ3) is 7.13. The van der Waals surface area contributed by atoms with E-state index in [9.17, 15) is 4.79 Å². The summed E-state index contributed by atoms with van der Waals surface area (Å²) in [5.74, 6) is -0.269. The summed E-state index contributed by atoms with van der Waals surface area (Å²) in [6, 6.07) is 20.0. The molecule has 1 aliphatic heterocycles. The largest absolute Gasteiger partial charge is 0.466 e. The molecule has 3 rings (SSSR count). The van der Waals surface area contributed by atoms with Crippen molar-refractivity contribution in [3.63, 3.8) is 0 Å². The molecule has 2 aromatic rings. The Bertz CT molecular complexity index is 759. The Balaban J connectivity index is 1.58. The highest BCUT2D eigenvalue weighted by Crippen LogP contribution is 2.21. The van der Waals surface area contributed by atoms with Crippen LogP contribution in [0, 0.1) is 0 Å². The molecule has 2 aromatic carbocycles. The molecular formula is C24H28O5. The van der Waals surface area contributed by atoms with Gasteiger partial charge in [-0.05, 0) is 18.1 Å². The van der Waals surface area contributed by atoms with Gasteiger partial charge in [-0.2, -0.15) is 0 Å². The van der Waals surface area contributed by atoms with Crippen LogP contribution >= 0.6 is 0 Å². The number of carbonyl (C=O) groups excluding carboxylic acids is 1. The van der Waals surface area contributed by atoms with E-state index in [-0.39, 0.29) is 30.7 Å². The minimum Gasteiger partial charge on any atom is -0.466 e. The Morgan fingerprint density at radius 2 is 1.59 bits per heavy atom. The van der Waals surface area contributed by atoms with Gasteiger partial charge < -0.3 is 18.9 Å². The maximum atomic E-state index is 11.8. The number of benzene rings is 2. The van der Waals surface area contributed by atoms with Gasteiger partial charge in [-0.1, -0.05) is 72.8 Å². The second kappa shape index (κ2) is 11.5. The Hall–Kier alpha value is -2.47. The lowest BCUT2D eigenvalue weighted by Gasteiger charge is -2.32. The van der Waals surface area contributed by atoms with Crippen LogP contribution in [0.15, 0.2) is 72.8 Å². The zero-order chi connectivity index (χ0) is 20.3. The average Bonchev–Trinajstić information content (AvgIpc) is 2.75. The van der Waals surface area contributed by atoms with Crippen molar-refractivity contribution in [3.8, 4) is 0 Å². The van der Waals surface area contributed by atoms with Gasteiger partial charge >= 0.3 is 5.97 Å². The molecule has 0 radical (unpaired) electrons. The van der Waals surface area contributed by atoms with Crippen LogP contribution in [0.5, 0.6) is 0 Å². The van der Waals surface area contributed by atoms with E-state index >= 15 is 0 Å². The molecule has 0 saturated heterocycles. The van der Waals surface area contributed by atoms with Gasteiger partial charge in [-0.3, -0.25) is 4.79 Å². The summed E-state index contributed by atoms with van der Waals surface area (Å²) < 4.78 is 23.1. The molecule has 1 aliphatic rings. The van der Waals surface area contributed by atoms with Crippen molar-refractivity contribution in [3.05, 3.63) is 83.9 Å². The van der Waals surface area contributed by atoms with E-state index in [0.29, 0.717) is 26.4 Å². The summed E-state index contributed by atoms with van der Waals surface area (Å²) in [5, 5.41) is 0. The summed E-state index contributed by atoms with van der Waals surface area (Å²) in [4.78, 5) is 11.8. The fourth-order valence-electron chi connectivity index (χ4n) is 3.14. The van der Waals surface area contributed by atoms with Crippen molar-refractivity contribution in [2.45, 2.75) is 44.9 Å². The SMILES string of the molecule is CCOC(=O)C[C@@H]1C=C[C@H](OCc2ccccc2)[C@@H](COCc2ccccc2)O1. The van der Waals surface area contributed by atoms with Gasteiger partial charge in [-0.25, -0.2) is 0 Å². The molecule has 154 valence electrons. The molecule has 0 fully saturated rings. The molecule has 1 heterocycles. The molecule has 3 atom stereocenters. The van der Waals surface area contributed by atoms with Gasteiger partial charge in [0, 0.05) is 0 Å². The molecule has 5 heteroatoms. The topological polar surface area (TPSA) is 54.0 Å². The zero-order valence-corrected chi connectivity index (χ0v) is 16.7. The lowest BCUT2D eigenvalue weighted by atomic mass is 10.1. The van der Waals surface area contributed by atoms with Crippen molar-refractivity contribution < 1.29 is 23.7 Å². The Morgan fingerprint density at radius 1 is 0.931 bits per heavy atom. The average molecular weight is 396 g/mol. The van der Waals surface area contributed by atoms with E-state index in [1.165, 1.54) is 0 Å². The predicted molar refractivity (Wildman–Crippen MR) is 110 cm³/mol. The van der Waals surface area contributed by atoms with Gasteiger partial charge in [0.05, 0.1) is 39.0 Å². The highest BCUT2D eigenvalue weighted by atomic mass is 16.6. The predicted octanol–water partition coefficient (Wildman–Crippen LogP) is 4.07. The van der Waals surface area contributed by atoms with Crippen LogP contribution in [0.1, 0.15) is 24.5 Å². The van der Waals surface area contributed by atoms with Crippen LogP contribution in [-0.2, 0) is 37.0 Å². The maximum absolute atomic E-state index is 11.8. The molecule has 0 unspecified atom stereocenters. The number of esters is 1. The third-order valence-corrected chi connectivity index (χ3v) is 4.58. The first kappa shape index (κ1) is 21.2. The van der Waals surface area contributed by atoms with Crippen molar-refractivity contribution >= 4 is 5.97 Å². The minimum absolute atomic E-state index is 0.185. The van der Waals surface area contributed by atoms with Crippen LogP contribution in [0.2, 0.25) is 0 Å². The van der Waals surface area contributed by atoms with Gasteiger partial charge in [0.1, 0.15) is 12.2 Å². The molecule has 29 heavy (non-hydrogen) atoms. The van der Waals surface area contributed by atoms with Gasteiger partial charge in [0.15, 0.2) is 0 Å². The first-order valence-corrected chi connectivity index (χ1v) is 10.0. The number of carbonyl (C=O) groups is 1. The van der Waals surface area contributed by atoms with E-state index in [1.54, 1.807) is 6.92 Å². The molecular weight excluding hydrogens is 368 g/mol. The normalized spacial score (nSPS) is 21.1. The Morgan fingerprint density at radius 3 is 2.24 bits per heavy atom. The third-order valence-electron chi connectivity index (χ3n) is 4.58. The molecule has 0 aromatic heterocycles. The minimum atomic E-state index is -0.337. The number of hydrogen-bond acceptors (Lipinski definition) is 5. The fraction of sp³-hybridized carbons (Fsp3) is 0.375. The second-order valence-electron chi connectivity index (χ2n) is 6.87. The van der Waals surface area contributed by atoms with E-state index in [2.05, 4.69) is 0 Å². The number of rotatable bonds is 10. The van der Waals surface area contributed by atoms with Crippen LogP contribution < -0.4 is 0 Å². The van der Waals surface area contributed by atoms with Crippen LogP contribution in [-0.4, -0.2) is 37.5 Å². The lowest BCUT2D eigenvalue weighted by molar-refractivity contribution is -0.152. The van der Waals surface area contributed by atoms with Gasteiger partial charge in [0.25, 0.3) is 0 Å². The molecule has 0 aliphatic carbocycles. The van der Waals surface area contributed by atoms with Crippen LogP contribution in [0.3, 0.4) is 0 Å². The first-order valence-electron chi connectivity index (χ1n) is 10.0. The number of ether oxygens (including phenoxy) is 4. The summed E-state index contributed by atoms with van der Waals surface area (Å²) in [5.41, 5.74) is 2.20. The van der Waals surface area contributed by atoms with E-state index in [4.69, 9.17) is 18.9 Å². The molecule has 0 N–H and O–H groups in total. The number of hydrogen-bond donors (Lipinski definition) is 0. The smallest absolute Gasteiger partial charge is 0.308 e. The van der Waals surface area contributed by atoms with E-state index < -0.39 is 0 Å². The standard InChI is InChI=1S/C24H28O5/c1-2-27-24(25)15-21-13-14-22(28-17-20-11-7-4-8-12-20)23(29-21)18-26-16-19-9-5-3-6-10-19/h3-14,21-23H,2,15-18H2,1H3/t21-,22-,23+/m0/s1. The molecule has 0 spiro atoms. The summed E-state index contributed by atoms with van der Waals surface area (Å²) >= 11 is 0. The summed E-state index contributed by atoms with van der Waals surface area (Å²) in [7, 11) is 0. The Labute approximate surface area is 172 Å². The zero-order valence-electron chi connectivity index (χ0n) is 16.7. The van der Waals surface area contributed by atoms with Crippen molar-refractivity contribution in [1.29, 1.82) is 0 Å². The highest BCUT2D eigenvalue weighted by molar-refractivity contribution is 5.70. The van der Waals surface area contributed by atoms with E-state index in [0.717, 1.165) is 11.1 Å². The summed E-state index contributed by atoms with van der Waals surface area (Å²) in [6.07, 6.45) is 3.14. The Kier molecular flexibility index (Phi) is 8.43. The molecule has 0 saturated carbocycles. The monoisotopic (exact) mass is 396 g/mol. The molecule has 0 bridgehead atoms. The molecule has 5 nitrogen and oxygen atoms in total. The fourth-order valence-corrected chi connectivity index (χ4v) is 3.14. The lowest BCUT2D eigenvalue weighted by Crippen LogP contribution is -2.41. The van der Waals surface area contributed by atoms with Gasteiger partial charge in [0.2, 0.25) is 0 Å². The van der Waals surface area contributed by atoms with Crippen molar-refractivity contribution in [2.75, 3.05) is 13.2 Å². The van der Waals surface area contributed by atoms with Crippen molar-refractivity contribution in [2.24, 2.45) is 0 Å². The first-order chi connectivity index (χ1) is 14.2. The maximum Gasteiger partial charge on any atom is 0.308 e.